The number of nitrogens with zero attached hydrogens (tertiary/aromatic N) is 3. The molecule has 1 aromatic rings. The lowest BCUT2D eigenvalue weighted by molar-refractivity contribution is -0.144. The molecule has 7 nitrogen and oxygen atoms in total. The highest BCUT2D eigenvalue weighted by molar-refractivity contribution is 8.02. The number of hydrogen-bond donors (Lipinski definition) is 1. The lowest BCUT2D eigenvalue weighted by atomic mass is 9.78. The van der Waals surface area contributed by atoms with Gasteiger partial charge in [-0.05, 0) is 25.5 Å². The first-order valence-electron chi connectivity index (χ1n) is 12.2. The predicted molar refractivity (Wildman–Crippen MR) is 137 cm³/mol. The van der Waals surface area contributed by atoms with E-state index in [-0.39, 0.29) is 29.6 Å². The minimum absolute atomic E-state index is 0.0325. The zero-order chi connectivity index (χ0) is 24.9. The number of amides is 3. The molecule has 5 rings (SSSR count). The van der Waals surface area contributed by atoms with Gasteiger partial charge >= 0.3 is 0 Å². The van der Waals surface area contributed by atoms with Gasteiger partial charge in [0.2, 0.25) is 11.8 Å². The molecule has 1 aromatic carbocycles. The van der Waals surface area contributed by atoms with E-state index in [9.17, 15) is 19.5 Å². The molecule has 186 valence electrons. The number of fused-ring (bicyclic) bond motifs is 2. The fourth-order valence-electron chi connectivity index (χ4n) is 6.05. The Morgan fingerprint density at radius 1 is 1.14 bits per heavy atom. The molecular formula is C26H30ClN3O4S. The van der Waals surface area contributed by atoms with Crippen LogP contribution in [0.2, 0.25) is 5.02 Å². The van der Waals surface area contributed by atoms with Gasteiger partial charge in [0.15, 0.2) is 0 Å². The summed E-state index contributed by atoms with van der Waals surface area (Å²) in [6.07, 6.45) is 8.77. The molecule has 0 aromatic heterocycles. The average Bonchev–Trinajstić information content (AvgIpc) is 3.17. The molecule has 2 saturated heterocycles. The fourth-order valence-corrected chi connectivity index (χ4v) is 8.28. The largest absolute Gasteiger partial charge is 0.394 e. The number of rotatable bonds is 5. The number of carbonyl (C=O) groups is 3. The summed E-state index contributed by atoms with van der Waals surface area (Å²) in [6, 6.07) is 5.74. The quantitative estimate of drug-likeness (QED) is 0.610. The molecule has 0 aliphatic carbocycles. The van der Waals surface area contributed by atoms with Crippen LogP contribution in [0.3, 0.4) is 0 Å². The highest BCUT2D eigenvalue weighted by atomic mass is 35.5. The van der Waals surface area contributed by atoms with Gasteiger partial charge in [-0.1, -0.05) is 55.0 Å². The zero-order valence-corrected chi connectivity index (χ0v) is 21.4. The summed E-state index contributed by atoms with van der Waals surface area (Å²) in [6.45, 7) is 4.97. The smallest absolute Gasteiger partial charge is 0.251 e. The van der Waals surface area contributed by atoms with Crippen molar-refractivity contribution in [2.24, 2.45) is 11.8 Å². The Balaban J connectivity index is 1.63. The molecule has 1 N–H and O–H groups in total. The van der Waals surface area contributed by atoms with Crippen LogP contribution in [0.25, 0.3) is 0 Å². The maximum absolute atomic E-state index is 14.2. The summed E-state index contributed by atoms with van der Waals surface area (Å²) in [5.41, 5.74) is 0.579. The molecule has 4 aliphatic heterocycles. The molecule has 9 heteroatoms. The topological polar surface area (TPSA) is 81.2 Å². The Morgan fingerprint density at radius 3 is 2.63 bits per heavy atom. The molecule has 3 amide bonds. The van der Waals surface area contributed by atoms with Gasteiger partial charge in [-0.15, -0.1) is 11.8 Å². The molecule has 0 saturated carbocycles. The lowest BCUT2D eigenvalue weighted by Crippen LogP contribution is -2.56. The number of likely N-dealkylation sites (tertiary alicyclic amines) is 1. The van der Waals surface area contributed by atoms with Crippen molar-refractivity contribution in [1.82, 2.24) is 9.80 Å². The lowest BCUT2D eigenvalue weighted by Gasteiger charge is -2.37. The average molecular weight is 516 g/mol. The van der Waals surface area contributed by atoms with E-state index in [0.29, 0.717) is 30.3 Å². The van der Waals surface area contributed by atoms with Crippen LogP contribution >= 0.6 is 23.4 Å². The molecule has 35 heavy (non-hydrogen) atoms. The van der Waals surface area contributed by atoms with E-state index in [1.165, 1.54) is 4.90 Å². The Bertz CT molecular complexity index is 1110. The maximum atomic E-state index is 14.2. The number of aliphatic hydroxyl groups excluding tert-OH is 1. The van der Waals surface area contributed by atoms with E-state index < -0.39 is 28.7 Å². The first-order valence-corrected chi connectivity index (χ1v) is 13.4. The monoisotopic (exact) mass is 515 g/mol. The third-order valence-electron chi connectivity index (χ3n) is 7.56. The van der Waals surface area contributed by atoms with E-state index >= 15 is 0 Å². The van der Waals surface area contributed by atoms with Crippen molar-refractivity contribution in [2.45, 2.75) is 42.3 Å². The second kappa shape index (κ2) is 9.30. The van der Waals surface area contributed by atoms with Gasteiger partial charge in [0.1, 0.15) is 6.04 Å². The predicted octanol–water partition coefficient (Wildman–Crippen LogP) is 2.73. The van der Waals surface area contributed by atoms with Gasteiger partial charge in [0.05, 0.1) is 39.9 Å². The molecule has 6 atom stereocenters. The SMILES string of the molecule is CCCN1CC=C[C@H]2S[C@]34C=CCN(c5ccccc5Cl)C(=O)C3N([C@H](C)CO)C(=O)[C@@H]4[C@H]2C1=O. The van der Waals surface area contributed by atoms with E-state index in [1.54, 1.807) is 41.8 Å². The van der Waals surface area contributed by atoms with Crippen molar-refractivity contribution in [3.05, 3.63) is 53.6 Å². The summed E-state index contributed by atoms with van der Waals surface area (Å²) in [7, 11) is 0. The van der Waals surface area contributed by atoms with E-state index in [1.807, 2.05) is 42.2 Å². The Kier molecular flexibility index (Phi) is 6.48. The van der Waals surface area contributed by atoms with Crippen LogP contribution in [-0.2, 0) is 14.4 Å². The highest BCUT2D eigenvalue weighted by Gasteiger charge is 2.71. The van der Waals surface area contributed by atoms with Gasteiger partial charge in [0, 0.05) is 24.9 Å². The molecule has 4 aliphatic rings. The molecule has 2 fully saturated rings. The van der Waals surface area contributed by atoms with Crippen LogP contribution in [0.4, 0.5) is 5.69 Å². The maximum Gasteiger partial charge on any atom is 0.251 e. The number of hydrogen-bond acceptors (Lipinski definition) is 5. The van der Waals surface area contributed by atoms with Crippen LogP contribution in [-0.4, -0.2) is 80.9 Å². The summed E-state index contributed by atoms with van der Waals surface area (Å²) >= 11 is 8.00. The van der Waals surface area contributed by atoms with Gasteiger partial charge in [-0.2, -0.15) is 0 Å². The van der Waals surface area contributed by atoms with Crippen molar-refractivity contribution in [3.63, 3.8) is 0 Å². The van der Waals surface area contributed by atoms with Crippen molar-refractivity contribution in [2.75, 3.05) is 31.1 Å². The normalized spacial score (nSPS) is 32.9. The number of thioether (sulfide) groups is 1. The molecule has 1 unspecified atom stereocenters. The second-order valence-corrected chi connectivity index (χ2v) is 11.5. The highest BCUT2D eigenvalue weighted by Crippen LogP contribution is 2.61. The van der Waals surface area contributed by atoms with Crippen molar-refractivity contribution >= 4 is 46.8 Å². The first kappa shape index (κ1) is 24.4. The number of para-hydroxylation sites is 1. The molecule has 0 radical (unpaired) electrons. The first-order chi connectivity index (χ1) is 16.9. The van der Waals surface area contributed by atoms with E-state index in [2.05, 4.69) is 0 Å². The molecule has 4 heterocycles. The Hall–Kier alpha value is -2.29. The van der Waals surface area contributed by atoms with Crippen LogP contribution in [0.5, 0.6) is 0 Å². The number of anilines is 1. The third-order valence-corrected chi connectivity index (χ3v) is 9.62. The standard InChI is InChI=1S/C26H30ClN3O4S/c1-3-12-28-13-6-10-19-20(23(28)32)21-24(33)30(16(2)15-31)22-25(34)29(14-7-11-26(21,22)35-19)18-9-5-4-8-17(18)27/h4-11,16,19-22,31H,3,12-15H2,1-2H3/t16-,19-,20+,21+,22?,26+/m1/s1. The number of halogens is 1. The molecule has 1 spiro atoms. The van der Waals surface area contributed by atoms with E-state index in [4.69, 9.17) is 11.6 Å². The zero-order valence-electron chi connectivity index (χ0n) is 19.8. The van der Waals surface area contributed by atoms with Gasteiger partial charge in [-0.25, -0.2) is 0 Å². The minimum Gasteiger partial charge on any atom is -0.394 e. The second-order valence-electron chi connectivity index (χ2n) is 9.63. The summed E-state index contributed by atoms with van der Waals surface area (Å²) in [5.74, 6) is -1.76. The summed E-state index contributed by atoms with van der Waals surface area (Å²) < 4.78 is -0.905. The van der Waals surface area contributed by atoms with Crippen molar-refractivity contribution < 1.29 is 19.5 Å². The van der Waals surface area contributed by atoms with Crippen LogP contribution in [0.15, 0.2) is 48.6 Å². The third kappa shape index (κ3) is 3.64. The number of benzene rings is 1. The van der Waals surface area contributed by atoms with Gasteiger partial charge < -0.3 is 19.8 Å². The summed E-state index contributed by atoms with van der Waals surface area (Å²) in [5, 5.41) is 10.3. The van der Waals surface area contributed by atoms with Gasteiger partial charge in [-0.3, -0.25) is 14.4 Å². The fraction of sp³-hybridized carbons (Fsp3) is 0.500. The van der Waals surface area contributed by atoms with Crippen LogP contribution in [0.1, 0.15) is 20.3 Å². The van der Waals surface area contributed by atoms with Gasteiger partial charge in [0.25, 0.3) is 5.91 Å². The van der Waals surface area contributed by atoms with Crippen molar-refractivity contribution in [3.8, 4) is 0 Å². The Morgan fingerprint density at radius 2 is 1.91 bits per heavy atom. The molecule has 0 bridgehead atoms. The minimum atomic E-state index is -0.905. The van der Waals surface area contributed by atoms with Crippen LogP contribution in [0, 0.1) is 11.8 Å². The Labute approximate surface area is 214 Å². The van der Waals surface area contributed by atoms with Crippen LogP contribution < -0.4 is 4.90 Å². The molecular weight excluding hydrogens is 486 g/mol. The summed E-state index contributed by atoms with van der Waals surface area (Å²) in [4.78, 5) is 47.0. The number of aliphatic hydroxyl groups is 1. The number of carbonyl (C=O) groups excluding carboxylic acids is 3. The van der Waals surface area contributed by atoms with E-state index in [0.717, 1.165) is 6.42 Å². The van der Waals surface area contributed by atoms with Crippen molar-refractivity contribution in [1.29, 1.82) is 0 Å².